The predicted octanol–water partition coefficient (Wildman–Crippen LogP) is 2.52. The molecule has 7 heteroatoms. The summed E-state index contributed by atoms with van der Waals surface area (Å²) < 4.78 is 0. The highest BCUT2D eigenvalue weighted by Crippen LogP contribution is 2.28. The van der Waals surface area contributed by atoms with Gasteiger partial charge in [-0.15, -0.1) is 0 Å². The van der Waals surface area contributed by atoms with E-state index in [0.29, 0.717) is 18.5 Å². The summed E-state index contributed by atoms with van der Waals surface area (Å²) in [5, 5.41) is 31.9. The highest BCUT2D eigenvalue weighted by molar-refractivity contribution is 5.70. The van der Waals surface area contributed by atoms with Crippen molar-refractivity contribution in [2.24, 2.45) is 5.92 Å². The average Bonchev–Trinajstić information content (AvgIpc) is 2.47. The number of aliphatic carboxylic acids is 1. The number of nitrogens with one attached hydrogen (secondary N) is 1. The molecule has 0 aromatic heterocycles. The lowest BCUT2D eigenvalue weighted by molar-refractivity contribution is -0.385. The van der Waals surface area contributed by atoms with Crippen molar-refractivity contribution in [3.8, 4) is 6.07 Å². The van der Waals surface area contributed by atoms with Crippen LogP contribution in [0.5, 0.6) is 0 Å². The van der Waals surface area contributed by atoms with Crippen molar-refractivity contribution in [2.75, 3.05) is 5.32 Å². The minimum absolute atomic E-state index is 0.0178. The van der Waals surface area contributed by atoms with E-state index in [9.17, 15) is 14.9 Å². The molecule has 1 aliphatic rings. The molecule has 0 saturated heterocycles. The zero-order valence-corrected chi connectivity index (χ0v) is 11.3. The van der Waals surface area contributed by atoms with E-state index in [1.54, 1.807) is 6.07 Å². The number of anilines is 1. The fraction of sp³-hybridized carbons (Fsp3) is 0.429. The SMILES string of the molecule is N#Cc1cc(NC2CCC(C(=O)O)CC2)ccc1[N+](=O)[O-]. The molecule has 1 fully saturated rings. The largest absolute Gasteiger partial charge is 0.481 e. The fourth-order valence-corrected chi connectivity index (χ4v) is 2.59. The Morgan fingerprint density at radius 2 is 2.05 bits per heavy atom. The number of benzene rings is 1. The van der Waals surface area contributed by atoms with Crippen molar-refractivity contribution >= 4 is 17.3 Å². The van der Waals surface area contributed by atoms with Crippen molar-refractivity contribution in [1.29, 1.82) is 5.26 Å². The minimum atomic E-state index is -0.754. The number of carboxylic acids is 1. The van der Waals surface area contributed by atoms with Crippen molar-refractivity contribution < 1.29 is 14.8 Å². The lowest BCUT2D eigenvalue weighted by Crippen LogP contribution is -2.29. The Labute approximate surface area is 121 Å². The molecule has 0 heterocycles. The van der Waals surface area contributed by atoms with E-state index in [-0.39, 0.29) is 23.2 Å². The van der Waals surface area contributed by atoms with Gasteiger partial charge >= 0.3 is 5.97 Å². The van der Waals surface area contributed by atoms with E-state index >= 15 is 0 Å². The van der Waals surface area contributed by atoms with Crippen LogP contribution in [-0.4, -0.2) is 22.0 Å². The van der Waals surface area contributed by atoms with E-state index in [0.717, 1.165) is 12.8 Å². The van der Waals surface area contributed by atoms with Crippen LogP contribution < -0.4 is 5.32 Å². The van der Waals surface area contributed by atoms with Gasteiger partial charge in [0.05, 0.1) is 10.8 Å². The first kappa shape index (κ1) is 14.8. The van der Waals surface area contributed by atoms with Gasteiger partial charge in [0, 0.05) is 17.8 Å². The van der Waals surface area contributed by atoms with Crippen LogP contribution >= 0.6 is 0 Å². The van der Waals surface area contributed by atoms with Crippen LogP contribution in [0, 0.1) is 27.4 Å². The highest BCUT2D eigenvalue weighted by atomic mass is 16.6. The number of hydrogen-bond donors (Lipinski definition) is 2. The summed E-state index contributed by atoms with van der Waals surface area (Å²) in [6.45, 7) is 0. The normalized spacial score (nSPS) is 21.3. The molecule has 110 valence electrons. The highest BCUT2D eigenvalue weighted by Gasteiger charge is 2.26. The van der Waals surface area contributed by atoms with Crippen LogP contribution in [0.4, 0.5) is 11.4 Å². The first-order valence-electron chi connectivity index (χ1n) is 6.69. The molecule has 0 unspecified atom stereocenters. The van der Waals surface area contributed by atoms with Crippen molar-refractivity contribution in [2.45, 2.75) is 31.7 Å². The third-order valence-corrected chi connectivity index (χ3v) is 3.76. The second-order valence-electron chi connectivity index (χ2n) is 5.13. The molecule has 1 aliphatic carbocycles. The standard InChI is InChI=1S/C14H15N3O4/c15-8-10-7-12(5-6-13(10)17(20)21)16-11-3-1-9(2-4-11)14(18)19/h5-7,9,11,16H,1-4H2,(H,18,19). The molecule has 0 bridgehead atoms. The number of nitrogens with zero attached hydrogens (tertiary/aromatic N) is 2. The van der Waals surface area contributed by atoms with Gasteiger partial charge in [0.2, 0.25) is 0 Å². The zero-order chi connectivity index (χ0) is 15.4. The minimum Gasteiger partial charge on any atom is -0.481 e. The molecule has 7 nitrogen and oxygen atoms in total. The fourth-order valence-electron chi connectivity index (χ4n) is 2.59. The second kappa shape index (κ2) is 6.22. The third-order valence-electron chi connectivity index (χ3n) is 3.76. The quantitative estimate of drug-likeness (QED) is 0.649. The maximum absolute atomic E-state index is 10.9. The summed E-state index contributed by atoms with van der Waals surface area (Å²) in [5.74, 6) is -1.04. The van der Waals surface area contributed by atoms with Crippen LogP contribution in [0.15, 0.2) is 18.2 Å². The van der Waals surface area contributed by atoms with Crippen LogP contribution in [0.2, 0.25) is 0 Å². The molecule has 1 aromatic rings. The van der Waals surface area contributed by atoms with Gasteiger partial charge < -0.3 is 10.4 Å². The van der Waals surface area contributed by atoms with Crippen LogP contribution in [0.25, 0.3) is 0 Å². The summed E-state index contributed by atoms with van der Waals surface area (Å²) >= 11 is 0. The number of carboxylic acid groups (broad SMARTS) is 1. The number of nitro groups is 1. The van der Waals surface area contributed by atoms with Crippen LogP contribution in [0.1, 0.15) is 31.2 Å². The number of nitriles is 1. The Balaban J connectivity index is 2.03. The summed E-state index contributed by atoms with van der Waals surface area (Å²) in [7, 11) is 0. The Morgan fingerprint density at radius 3 is 2.57 bits per heavy atom. The van der Waals surface area contributed by atoms with E-state index in [1.807, 2.05) is 6.07 Å². The summed E-state index contributed by atoms with van der Waals surface area (Å²) in [5.41, 5.74) is 0.456. The molecular formula is C14H15N3O4. The van der Waals surface area contributed by atoms with E-state index < -0.39 is 10.9 Å². The summed E-state index contributed by atoms with van der Waals surface area (Å²) in [6, 6.07) is 6.29. The third kappa shape index (κ3) is 3.48. The lowest BCUT2D eigenvalue weighted by atomic mass is 9.86. The van der Waals surface area contributed by atoms with Gasteiger partial charge in [0.1, 0.15) is 11.6 Å². The van der Waals surface area contributed by atoms with Crippen molar-refractivity contribution in [3.05, 3.63) is 33.9 Å². The predicted molar refractivity (Wildman–Crippen MR) is 74.8 cm³/mol. The molecule has 1 aromatic carbocycles. The lowest BCUT2D eigenvalue weighted by Gasteiger charge is -2.27. The zero-order valence-electron chi connectivity index (χ0n) is 11.3. The molecule has 0 spiro atoms. The first-order valence-corrected chi connectivity index (χ1v) is 6.69. The van der Waals surface area contributed by atoms with Gasteiger partial charge in [-0.1, -0.05) is 0 Å². The van der Waals surface area contributed by atoms with Gasteiger partial charge in [-0.05, 0) is 37.8 Å². The molecule has 0 aliphatic heterocycles. The summed E-state index contributed by atoms with van der Waals surface area (Å²) in [6.07, 6.45) is 2.70. The Bertz CT molecular complexity index is 601. The maximum Gasteiger partial charge on any atom is 0.306 e. The number of nitro benzene ring substituents is 1. The second-order valence-corrected chi connectivity index (χ2v) is 5.13. The Kier molecular flexibility index (Phi) is 4.38. The molecule has 2 N–H and O–H groups in total. The molecule has 0 radical (unpaired) electrons. The number of rotatable bonds is 4. The number of carbonyl (C=O) groups is 1. The van der Waals surface area contributed by atoms with Crippen LogP contribution in [0.3, 0.4) is 0 Å². The van der Waals surface area contributed by atoms with Crippen molar-refractivity contribution in [3.63, 3.8) is 0 Å². The van der Waals surface area contributed by atoms with Gasteiger partial charge in [0.15, 0.2) is 0 Å². The molecular weight excluding hydrogens is 274 g/mol. The molecule has 0 amide bonds. The van der Waals surface area contributed by atoms with Gasteiger partial charge in [0.25, 0.3) is 5.69 Å². The van der Waals surface area contributed by atoms with Crippen LogP contribution in [-0.2, 0) is 4.79 Å². The van der Waals surface area contributed by atoms with E-state index in [4.69, 9.17) is 10.4 Å². The van der Waals surface area contributed by atoms with E-state index in [1.165, 1.54) is 12.1 Å². The maximum atomic E-state index is 10.9. The first-order chi connectivity index (χ1) is 10.0. The Hall–Kier alpha value is -2.62. The summed E-state index contributed by atoms with van der Waals surface area (Å²) in [4.78, 5) is 21.1. The molecule has 21 heavy (non-hydrogen) atoms. The van der Waals surface area contributed by atoms with Crippen molar-refractivity contribution in [1.82, 2.24) is 0 Å². The van der Waals surface area contributed by atoms with Gasteiger partial charge in [-0.3, -0.25) is 14.9 Å². The molecule has 1 saturated carbocycles. The van der Waals surface area contributed by atoms with Gasteiger partial charge in [-0.25, -0.2) is 0 Å². The smallest absolute Gasteiger partial charge is 0.306 e. The average molecular weight is 289 g/mol. The van der Waals surface area contributed by atoms with E-state index in [2.05, 4.69) is 5.32 Å². The molecule has 0 atom stereocenters. The number of hydrogen-bond acceptors (Lipinski definition) is 5. The molecule has 2 rings (SSSR count). The van der Waals surface area contributed by atoms with Gasteiger partial charge in [-0.2, -0.15) is 5.26 Å². The Morgan fingerprint density at radius 1 is 1.38 bits per heavy atom. The monoisotopic (exact) mass is 289 g/mol. The topological polar surface area (TPSA) is 116 Å².